The first-order chi connectivity index (χ1) is 14.5. The average molecular weight is 406 g/mol. The van der Waals surface area contributed by atoms with E-state index in [0.717, 1.165) is 40.7 Å². The molecule has 0 radical (unpaired) electrons. The molecule has 1 unspecified atom stereocenters. The first-order valence-corrected chi connectivity index (χ1v) is 10.2. The lowest BCUT2D eigenvalue weighted by Gasteiger charge is -2.14. The molecule has 2 heterocycles. The number of aromatic nitrogens is 2. The van der Waals surface area contributed by atoms with Crippen LogP contribution < -0.4 is 10.6 Å². The summed E-state index contributed by atoms with van der Waals surface area (Å²) in [6.45, 7) is 4.98. The topological polar surface area (TPSA) is 85.2 Å². The summed E-state index contributed by atoms with van der Waals surface area (Å²) in [7, 11) is 0. The third-order valence-corrected chi connectivity index (χ3v) is 5.56. The van der Waals surface area contributed by atoms with Crippen LogP contribution in [0, 0.1) is 13.8 Å². The van der Waals surface area contributed by atoms with Gasteiger partial charge in [-0.15, -0.1) is 0 Å². The summed E-state index contributed by atoms with van der Waals surface area (Å²) in [5.74, 6) is 0.364. The number of nitrogens with one attached hydrogen (secondary N) is 2. The van der Waals surface area contributed by atoms with Crippen molar-refractivity contribution in [1.82, 2.24) is 14.9 Å². The summed E-state index contributed by atoms with van der Waals surface area (Å²) >= 11 is 0. The van der Waals surface area contributed by atoms with Gasteiger partial charge in [0.15, 0.2) is 0 Å². The lowest BCUT2D eigenvalue weighted by atomic mass is 10.1. The van der Waals surface area contributed by atoms with E-state index in [1.165, 1.54) is 0 Å². The molecule has 3 aromatic rings. The molecule has 30 heavy (non-hydrogen) atoms. The molecule has 1 aliphatic rings. The number of carbonyl (C=O) groups is 2. The van der Waals surface area contributed by atoms with Crippen molar-refractivity contribution in [1.29, 1.82) is 0 Å². The fourth-order valence-corrected chi connectivity index (χ4v) is 3.72. The Labute approximate surface area is 175 Å². The van der Waals surface area contributed by atoms with Gasteiger partial charge < -0.3 is 19.9 Å². The van der Waals surface area contributed by atoms with Crippen LogP contribution in [-0.2, 0) is 27.4 Å². The molecule has 7 heteroatoms. The molecule has 156 valence electrons. The highest BCUT2D eigenvalue weighted by atomic mass is 16.5. The second-order valence-corrected chi connectivity index (χ2v) is 7.62. The van der Waals surface area contributed by atoms with Gasteiger partial charge in [-0.3, -0.25) is 9.59 Å². The number of para-hydroxylation sites is 2. The number of rotatable bonds is 6. The quantitative estimate of drug-likeness (QED) is 0.659. The predicted molar refractivity (Wildman–Crippen MR) is 115 cm³/mol. The molecule has 1 aromatic heterocycles. The molecule has 2 amide bonds. The van der Waals surface area contributed by atoms with E-state index in [1.54, 1.807) is 0 Å². The summed E-state index contributed by atoms with van der Waals surface area (Å²) in [6, 6.07) is 13.5. The molecule has 1 saturated heterocycles. The fourth-order valence-electron chi connectivity index (χ4n) is 3.72. The highest BCUT2D eigenvalue weighted by Crippen LogP contribution is 2.20. The molecule has 1 atom stereocenters. The summed E-state index contributed by atoms with van der Waals surface area (Å²) in [6.07, 6.45) is 1.24. The van der Waals surface area contributed by atoms with Crippen LogP contribution in [0.1, 0.15) is 29.8 Å². The van der Waals surface area contributed by atoms with Crippen molar-refractivity contribution in [3.05, 3.63) is 59.4 Å². The Morgan fingerprint density at radius 2 is 2.00 bits per heavy atom. The number of hydrogen-bond acceptors (Lipinski definition) is 4. The first kappa shape index (κ1) is 20.1. The molecular weight excluding hydrogens is 380 g/mol. The zero-order valence-electron chi connectivity index (χ0n) is 17.3. The van der Waals surface area contributed by atoms with Gasteiger partial charge in [-0.05, 0) is 56.0 Å². The van der Waals surface area contributed by atoms with Gasteiger partial charge in [-0.2, -0.15) is 0 Å². The smallest absolute Gasteiger partial charge is 0.249 e. The van der Waals surface area contributed by atoms with Crippen molar-refractivity contribution in [3.63, 3.8) is 0 Å². The van der Waals surface area contributed by atoms with Crippen LogP contribution in [0.4, 0.5) is 5.69 Å². The van der Waals surface area contributed by atoms with Gasteiger partial charge in [0.05, 0.1) is 17.6 Å². The highest BCUT2D eigenvalue weighted by molar-refractivity contribution is 5.92. The van der Waals surface area contributed by atoms with E-state index in [2.05, 4.69) is 15.6 Å². The zero-order chi connectivity index (χ0) is 21.1. The summed E-state index contributed by atoms with van der Waals surface area (Å²) in [4.78, 5) is 29.8. The van der Waals surface area contributed by atoms with E-state index < -0.39 is 6.10 Å². The Bertz CT molecular complexity index is 1080. The van der Waals surface area contributed by atoms with Gasteiger partial charge in [0.1, 0.15) is 18.5 Å². The molecule has 2 N–H and O–H groups in total. The van der Waals surface area contributed by atoms with Crippen LogP contribution in [-0.4, -0.2) is 34.1 Å². The maximum absolute atomic E-state index is 12.8. The number of carbonyl (C=O) groups excluding carboxylic acids is 2. The molecule has 0 bridgehead atoms. The molecule has 0 spiro atoms. The van der Waals surface area contributed by atoms with E-state index in [1.807, 2.05) is 60.9 Å². The number of aryl methyl sites for hydroxylation is 1. The lowest BCUT2D eigenvalue weighted by molar-refractivity contribution is -0.130. The van der Waals surface area contributed by atoms with Crippen molar-refractivity contribution in [2.75, 3.05) is 11.9 Å². The van der Waals surface area contributed by atoms with Crippen LogP contribution in [0.3, 0.4) is 0 Å². The van der Waals surface area contributed by atoms with Crippen LogP contribution in [0.5, 0.6) is 0 Å². The third kappa shape index (κ3) is 4.21. The van der Waals surface area contributed by atoms with Crippen LogP contribution in [0.25, 0.3) is 11.0 Å². The summed E-state index contributed by atoms with van der Waals surface area (Å²) in [5, 5.41) is 5.90. The molecule has 2 aromatic carbocycles. The molecule has 4 rings (SSSR count). The Hall–Kier alpha value is -3.19. The molecular formula is C23H26N4O3. The minimum atomic E-state index is -0.393. The zero-order valence-corrected chi connectivity index (χ0v) is 17.3. The second kappa shape index (κ2) is 8.67. The van der Waals surface area contributed by atoms with Crippen molar-refractivity contribution in [2.45, 2.75) is 45.9 Å². The molecule has 0 aliphatic carbocycles. The highest BCUT2D eigenvalue weighted by Gasteiger charge is 2.24. The normalized spacial score (nSPS) is 16.0. The number of amides is 2. The number of fused-ring (bicyclic) bond motifs is 1. The molecule has 0 saturated carbocycles. The van der Waals surface area contributed by atoms with Crippen LogP contribution >= 0.6 is 0 Å². The minimum absolute atomic E-state index is 0.110. The monoisotopic (exact) mass is 406 g/mol. The fraction of sp³-hybridized carbons (Fsp3) is 0.348. The molecule has 7 nitrogen and oxygen atoms in total. The van der Waals surface area contributed by atoms with Gasteiger partial charge in [-0.25, -0.2) is 4.98 Å². The summed E-state index contributed by atoms with van der Waals surface area (Å²) in [5.41, 5.74) is 4.62. The summed E-state index contributed by atoms with van der Waals surface area (Å²) < 4.78 is 7.29. The number of imidazole rings is 1. The number of nitrogens with zero attached hydrogens (tertiary/aromatic N) is 2. The van der Waals surface area contributed by atoms with Gasteiger partial charge in [0.25, 0.3) is 0 Å². The minimum Gasteiger partial charge on any atom is -0.368 e. The Morgan fingerprint density at radius 1 is 1.17 bits per heavy atom. The Morgan fingerprint density at radius 3 is 2.80 bits per heavy atom. The average Bonchev–Trinajstić information content (AvgIpc) is 3.39. The number of hydrogen-bond donors (Lipinski definition) is 2. The van der Waals surface area contributed by atoms with E-state index in [0.29, 0.717) is 12.4 Å². The van der Waals surface area contributed by atoms with E-state index >= 15 is 0 Å². The van der Waals surface area contributed by atoms with Crippen molar-refractivity contribution >= 4 is 28.5 Å². The van der Waals surface area contributed by atoms with Gasteiger partial charge >= 0.3 is 0 Å². The van der Waals surface area contributed by atoms with Crippen molar-refractivity contribution < 1.29 is 14.3 Å². The van der Waals surface area contributed by atoms with Gasteiger partial charge in [0.2, 0.25) is 11.8 Å². The second-order valence-electron chi connectivity index (χ2n) is 7.62. The maximum Gasteiger partial charge on any atom is 0.249 e. The van der Waals surface area contributed by atoms with E-state index in [9.17, 15) is 9.59 Å². The van der Waals surface area contributed by atoms with E-state index in [-0.39, 0.29) is 24.9 Å². The SMILES string of the molecule is Cc1cccc(NC(=O)Cn2c(CNC(=O)C3CCCO3)nc3ccccc32)c1C. The van der Waals surface area contributed by atoms with Gasteiger partial charge in [-0.1, -0.05) is 24.3 Å². The molecule has 1 aliphatic heterocycles. The Kier molecular flexibility index (Phi) is 5.81. The maximum atomic E-state index is 12.8. The number of anilines is 1. The number of ether oxygens (including phenoxy) is 1. The van der Waals surface area contributed by atoms with E-state index in [4.69, 9.17) is 4.74 Å². The Balaban J connectivity index is 1.53. The predicted octanol–water partition coefficient (Wildman–Crippen LogP) is 3.09. The first-order valence-electron chi connectivity index (χ1n) is 10.2. The third-order valence-electron chi connectivity index (χ3n) is 5.56. The van der Waals surface area contributed by atoms with Crippen LogP contribution in [0.2, 0.25) is 0 Å². The van der Waals surface area contributed by atoms with Gasteiger partial charge in [0, 0.05) is 12.3 Å². The largest absolute Gasteiger partial charge is 0.368 e. The number of benzene rings is 2. The van der Waals surface area contributed by atoms with Crippen molar-refractivity contribution in [3.8, 4) is 0 Å². The molecule has 1 fully saturated rings. The van der Waals surface area contributed by atoms with Crippen molar-refractivity contribution in [2.24, 2.45) is 0 Å². The standard InChI is InChI=1S/C23H26N4O3/c1-15-7-5-9-17(16(15)2)26-22(28)14-27-19-10-4-3-8-18(19)25-21(27)13-24-23(29)20-11-6-12-30-20/h3-5,7-10,20H,6,11-14H2,1-2H3,(H,24,29)(H,26,28). The van der Waals surface area contributed by atoms with Crippen LogP contribution in [0.15, 0.2) is 42.5 Å². The lowest BCUT2D eigenvalue weighted by Crippen LogP contribution is -2.34.